The van der Waals surface area contributed by atoms with Gasteiger partial charge in [0.1, 0.15) is 6.15 Å². The molecule has 6 rings (SSSR count). The van der Waals surface area contributed by atoms with Gasteiger partial charge in [-0.25, -0.2) is 0 Å². The number of rotatable bonds is 10. The van der Waals surface area contributed by atoms with Gasteiger partial charge in [-0.05, 0) is 13.8 Å². The van der Waals surface area contributed by atoms with E-state index in [1.807, 2.05) is 12.1 Å². The lowest BCUT2D eigenvalue weighted by Crippen LogP contribution is -2.74. The Morgan fingerprint density at radius 3 is 1.35 bits per heavy atom. The number of benzene rings is 5. The summed E-state index contributed by atoms with van der Waals surface area (Å²) in [5.41, 5.74) is 5.50. The Hall–Kier alpha value is -4.21. The van der Waals surface area contributed by atoms with Crippen molar-refractivity contribution in [2.75, 3.05) is 39.4 Å². The minimum Gasteiger partial charge on any atom is -0.378 e. The van der Waals surface area contributed by atoms with Crippen molar-refractivity contribution in [3.05, 3.63) is 156 Å². The molecule has 0 amide bonds. The molecule has 46 heavy (non-hydrogen) atoms. The molecule has 1 aliphatic rings. The lowest BCUT2D eigenvalue weighted by molar-refractivity contribution is -0.384. The molecular formula is C38H42BN3O3S. The maximum Gasteiger partial charge on any atom is 0.269 e. The Kier molecular flexibility index (Phi) is 11.8. The average molecular weight is 632 g/mol. The molecule has 1 aliphatic heterocycles. The Bertz CT molecular complexity index is 1460. The SMILES string of the molecule is CCN(CC)[S+](c1ccc([N+](=O)[O-])cc1)N1CCOCC1.c1ccc([B-](c2ccccc2)(c2ccccc2)c2ccccc2)cc1. The molecule has 0 aliphatic carbocycles. The number of ether oxygens (including phenoxy) is 1. The van der Waals surface area contributed by atoms with Crippen molar-refractivity contribution >= 4 is 45.0 Å². The van der Waals surface area contributed by atoms with Crippen molar-refractivity contribution in [2.24, 2.45) is 0 Å². The standard InChI is InChI=1S/C24H20B.C14H22N3O3S/c1-5-13-21(14-6-1)25(22-15-7-2-8-16-22,23-17-9-3-10-18-23)24-19-11-4-12-20-24;1-3-15(4-2)21(16-9-11-20-12-10-16)14-7-5-13(6-8-14)17(18)19/h1-20H;5-8H,3-4,9-12H2,1-2H3/q-1;+1. The first-order valence-corrected chi connectivity index (χ1v) is 17.2. The zero-order valence-electron chi connectivity index (χ0n) is 26.7. The van der Waals surface area contributed by atoms with Crippen LogP contribution >= 0.6 is 0 Å². The summed E-state index contributed by atoms with van der Waals surface area (Å²) >= 11 is -0.170. The van der Waals surface area contributed by atoms with Gasteiger partial charge in [-0.2, -0.15) is 21.9 Å². The van der Waals surface area contributed by atoms with E-state index in [0.29, 0.717) is 0 Å². The Morgan fingerprint density at radius 1 is 0.652 bits per heavy atom. The Morgan fingerprint density at radius 2 is 1.02 bits per heavy atom. The van der Waals surface area contributed by atoms with Gasteiger partial charge >= 0.3 is 0 Å². The molecule has 5 aromatic carbocycles. The van der Waals surface area contributed by atoms with Crippen LogP contribution in [0.4, 0.5) is 5.69 Å². The number of nitro benzene ring substituents is 1. The average Bonchev–Trinajstić information content (AvgIpc) is 3.13. The van der Waals surface area contributed by atoms with E-state index in [0.717, 1.165) is 44.3 Å². The van der Waals surface area contributed by atoms with Crippen LogP contribution in [0.3, 0.4) is 0 Å². The highest BCUT2D eigenvalue weighted by Gasteiger charge is 2.38. The summed E-state index contributed by atoms with van der Waals surface area (Å²) in [6.07, 6.45) is -1.22. The van der Waals surface area contributed by atoms with Gasteiger partial charge < -0.3 is 4.74 Å². The monoisotopic (exact) mass is 631 g/mol. The molecule has 0 radical (unpaired) electrons. The highest BCUT2D eigenvalue weighted by Crippen LogP contribution is 2.25. The van der Waals surface area contributed by atoms with Gasteiger partial charge in [0.25, 0.3) is 5.69 Å². The molecule has 0 N–H and O–H groups in total. The smallest absolute Gasteiger partial charge is 0.269 e. The number of non-ortho nitro benzene ring substituents is 1. The van der Waals surface area contributed by atoms with Crippen LogP contribution in [0.15, 0.2) is 150 Å². The van der Waals surface area contributed by atoms with Crippen LogP contribution in [-0.2, 0) is 16.0 Å². The molecule has 5 aromatic rings. The summed E-state index contributed by atoms with van der Waals surface area (Å²) in [7, 11) is 0. The van der Waals surface area contributed by atoms with Gasteiger partial charge in [-0.15, -0.1) is 4.31 Å². The van der Waals surface area contributed by atoms with Gasteiger partial charge in [-0.1, -0.05) is 126 Å². The van der Waals surface area contributed by atoms with Crippen molar-refractivity contribution < 1.29 is 9.66 Å². The molecule has 6 nitrogen and oxygen atoms in total. The van der Waals surface area contributed by atoms with Crippen LogP contribution in [0.25, 0.3) is 0 Å². The van der Waals surface area contributed by atoms with Gasteiger partial charge in [0, 0.05) is 37.4 Å². The molecule has 0 saturated carbocycles. The maximum atomic E-state index is 10.8. The van der Waals surface area contributed by atoms with Crippen molar-refractivity contribution in [3.63, 3.8) is 0 Å². The molecule has 236 valence electrons. The third-order valence-corrected chi connectivity index (χ3v) is 11.2. The van der Waals surface area contributed by atoms with E-state index < -0.39 is 6.15 Å². The van der Waals surface area contributed by atoms with Crippen LogP contribution in [0.1, 0.15) is 13.8 Å². The maximum absolute atomic E-state index is 10.8. The molecule has 1 fully saturated rings. The van der Waals surface area contributed by atoms with E-state index in [-0.39, 0.29) is 21.9 Å². The van der Waals surface area contributed by atoms with Crippen LogP contribution < -0.4 is 21.9 Å². The number of morpholine rings is 1. The summed E-state index contributed by atoms with van der Waals surface area (Å²) in [5, 5.41) is 10.8. The van der Waals surface area contributed by atoms with Gasteiger partial charge in [0.05, 0.1) is 31.2 Å². The zero-order valence-corrected chi connectivity index (χ0v) is 27.5. The van der Waals surface area contributed by atoms with Gasteiger partial charge in [0.2, 0.25) is 11.3 Å². The van der Waals surface area contributed by atoms with Crippen LogP contribution in [0.5, 0.6) is 0 Å². The topological polar surface area (TPSA) is 58.8 Å². The van der Waals surface area contributed by atoms with Gasteiger partial charge in [0.15, 0.2) is 4.90 Å². The second-order valence-electron chi connectivity index (χ2n) is 11.2. The summed E-state index contributed by atoms with van der Waals surface area (Å²) in [6.45, 7) is 9.50. The minimum atomic E-state index is -1.22. The first-order chi connectivity index (χ1) is 22.6. The highest BCUT2D eigenvalue weighted by atomic mass is 32.2. The summed E-state index contributed by atoms with van der Waals surface area (Å²) in [4.78, 5) is 11.6. The van der Waals surface area contributed by atoms with E-state index in [1.54, 1.807) is 12.1 Å². The largest absolute Gasteiger partial charge is 0.378 e. The van der Waals surface area contributed by atoms with Crippen molar-refractivity contribution in [3.8, 4) is 0 Å². The van der Waals surface area contributed by atoms with Crippen molar-refractivity contribution in [1.82, 2.24) is 8.61 Å². The summed E-state index contributed by atoms with van der Waals surface area (Å²) in [6, 6.07) is 50.5. The Balaban J connectivity index is 0.000000184. The molecule has 1 atom stereocenters. The first-order valence-electron chi connectivity index (χ1n) is 16.0. The summed E-state index contributed by atoms with van der Waals surface area (Å²) < 4.78 is 10.2. The third kappa shape index (κ3) is 7.43. The predicted molar refractivity (Wildman–Crippen MR) is 194 cm³/mol. The molecule has 0 aromatic heterocycles. The van der Waals surface area contributed by atoms with Crippen LogP contribution in [0.2, 0.25) is 0 Å². The first kappa shape index (κ1) is 33.2. The second-order valence-corrected chi connectivity index (χ2v) is 13.2. The lowest BCUT2D eigenvalue weighted by Gasteiger charge is -2.44. The normalized spacial score (nSPS) is 14.2. The number of hydrogen-bond donors (Lipinski definition) is 0. The Labute approximate surface area is 276 Å². The van der Waals surface area contributed by atoms with Crippen LogP contribution in [0, 0.1) is 10.1 Å². The van der Waals surface area contributed by atoms with E-state index in [9.17, 15) is 10.1 Å². The second kappa shape index (κ2) is 16.4. The fraction of sp³-hybridized carbons (Fsp3) is 0.211. The third-order valence-electron chi connectivity index (χ3n) is 8.62. The van der Waals surface area contributed by atoms with E-state index in [4.69, 9.17) is 4.74 Å². The molecule has 1 unspecified atom stereocenters. The predicted octanol–water partition coefficient (Wildman–Crippen LogP) is 5.14. The molecule has 8 heteroatoms. The number of hydrogen-bond acceptors (Lipinski definition) is 5. The van der Waals surface area contributed by atoms with Crippen molar-refractivity contribution in [1.29, 1.82) is 0 Å². The molecule has 1 heterocycles. The van der Waals surface area contributed by atoms with Crippen LogP contribution in [-0.4, -0.2) is 59.1 Å². The zero-order chi connectivity index (χ0) is 32.2. The lowest BCUT2D eigenvalue weighted by atomic mass is 9.13. The molecular weight excluding hydrogens is 589 g/mol. The fourth-order valence-corrected chi connectivity index (χ4v) is 8.75. The quantitative estimate of drug-likeness (QED) is 0.0926. The number of nitro groups is 1. The van der Waals surface area contributed by atoms with Gasteiger partial charge in [-0.3, -0.25) is 10.1 Å². The van der Waals surface area contributed by atoms with E-state index in [2.05, 4.69) is 144 Å². The van der Waals surface area contributed by atoms with Crippen molar-refractivity contribution in [2.45, 2.75) is 18.7 Å². The van der Waals surface area contributed by atoms with E-state index in [1.165, 1.54) is 21.9 Å². The minimum absolute atomic E-state index is 0.142. The van der Waals surface area contributed by atoms with E-state index >= 15 is 0 Å². The number of nitrogens with zero attached hydrogens (tertiary/aromatic N) is 3. The summed E-state index contributed by atoms with van der Waals surface area (Å²) in [5.74, 6) is 0. The molecule has 0 spiro atoms. The fourth-order valence-electron chi connectivity index (χ4n) is 6.46. The highest BCUT2D eigenvalue weighted by molar-refractivity contribution is 7.92. The molecule has 1 saturated heterocycles. The molecule has 0 bridgehead atoms.